The first-order chi connectivity index (χ1) is 5.77. The fraction of sp³-hybridized carbons (Fsp3) is 1.00. The van der Waals surface area contributed by atoms with E-state index < -0.39 is 0 Å². The van der Waals surface area contributed by atoms with Crippen molar-refractivity contribution in [1.29, 1.82) is 0 Å². The molecule has 1 N–H and O–H groups in total. The predicted molar refractivity (Wildman–Crippen MR) is 54.6 cm³/mol. The lowest BCUT2D eigenvalue weighted by Gasteiger charge is -2.12. The largest absolute Gasteiger partial charge is 0.391 e. The third-order valence-electron chi connectivity index (χ3n) is 2.47. The van der Waals surface area contributed by atoms with E-state index in [2.05, 4.69) is 18.7 Å². The molecule has 72 valence electrons. The van der Waals surface area contributed by atoms with Gasteiger partial charge < -0.3 is 10.0 Å². The molecule has 2 nitrogen and oxygen atoms in total. The SMILES string of the molecule is CCSC[C@@H]1CN(CC)C[C@H]1O. The van der Waals surface area contributed by atoms with Gasteiger partial charge in [-0.05, 0) is 18.1 Å². The highest BCUT2D eigenvalue weighted by molar-refractivity contribution is 7.99. The van der Waals surface area contributed by atoms with Gasteiger partial charge in [0.25, 0.3) is 0 Å². The first-order valence-electron chi connectivity index (χ1n) is 4.76. The zero-order chi connectivity index (χ0) is 8.97. The van der Waals surface area contributed by atoms with Gasteiger partial charge in [-0.25, -0.2) is 0 Å². The lowest BCUT2D eigenvalue weighted by atomic mass is 10.1. The number of aliphatic hydroxyl groups excluding tert-OH is 1. The van der Waals surface area contributed by atoms with Crippen molar-refractivity contribution in [3.8, 4) is 0 Å². The fourth-order valence-electron chi connectivity index (χ4n) is 1.63. The van der Waals surface area contributed by atoms with Gasteiger partial charge in [0.05, 0.1) is 6.10 Å². The van der Waals surface area contributed by atoms with Gasteiger partial charge in [0.2, 0.25) is 0 Å². The Morgan fingerprint density at radius 3 is 2.67 bits per heavy atom. The fourth-order valence-corrected chi connectivity index (χ4v) is 2.50. The molecule has 0 aromatic heterocycles. The molecule has 1 aliphatic rings. The van der Waals surface area contributed by atoms with Crippen molar-refractivity contribution in [1.82, 2.24) is 4.90 Å². The Kier molecular flexibility index (Phi) is 4.40. The first kappa shape index (κ1) is 10.4. The van der Waals surface area contributed by atoms with E-state index in [9.17, 15) is 5.11 Å². The normalized spacial score (nSPS) is 31.2. The molecule has 3 heteroatoms. The summed E-state index contributed by atoms with van der Waals surface area (Å²) < 4.78 is 0. The van der Waals surface area contributed by atoms with Crippen LogP contribution in [-0.4, -0.2) is 47.3 Å². The van der Waals surface area contributed by atoms with E-state index in [4.69, 9.17) is 0 Å². The Balaban J connectivity index is 2.25. The molecule has 0 amide bonds. The molecular formula is C9H19NOS. The number of hydrogen-bond donors (Lipinski definition) is 1. The molecule has 1 aliphatic heterocycles. The Bertz CT molecular complexity index is 132. The van der Waals surface area contributed by atoms with Gasteiger partial charge in [-0.1, -0.05) is 13.8 Å². The van der Waals surface area contributed by atoms with Crippen LogP contribution in [-0.2, 0) is 0 Å². The van der Waals surface area contributed by atoms with Crippen LogP contribution in [0.2, 0.25) is 0 Å². The maximum absolute atomic E-state index is 9.66. The van der Waals surface area contributed by atoms with Gasteiger partial charge in [-0.3, -0.25) is 0 Å². The summed E-state index contributed by atoms with van der Waals surface area (Å²) in [6.45, 7) is 7.37. The van der Waals surface area contributed by atoms with E-state index in [1.54, 1.807) is 0 Å². The Morgan fingerprint density at radius 2 is 2.17 bits per heavy atom. The molecule has 1 saturated heterocycles. The zero-order valence-corrected chi connectivity index (χ0v) is 8.81. The van der Waals surface area contributed by atoms with Gasteiger partial charge in [0.15, 0.2) is 0 Å². The summed E-state index contributed by atoms with van der Waals surface area (Å²) in [5.74, 6) is 2.79. The molecule has 0 unspecified atom stereocenters. The summed E-state index contributed by atoms with van der Waals surface area (Å²) in [7, 11) is 0. The Hall–Kier alpha value is 0.270. The average Bonchev–Trinajstić information content (AvgIpc) is 2.43. The molecule has 0 bridgehead atoms. The Morgan fingerprint density at radius 1 is 1.42 bits per heavy atom. The van der Waals surface area contributed by atoms with Crippen LogP contribution in [0.25, 0.3) is 0 Å². The Labute approximate surface area is 79.3 Å². The highest BCUT2D eigenvalue weighted by Crippen LogP contribution is 2.20. The number of rotatable bonds is 4. The molecule has 0 aromatic rings. The van der Waals surface area contributed by atoms with Gasteiger partial charge in [0, 0.05) is 19.0 Å². The molecule has 12 heavy (non-hydrogen) atoms. The predicted octanol–water partition coefficient (Wildman–Crippen LogP) is 1.05. The number of aliphatic hydroxyl groups is 1. The maximum Gasteiger partial charge on any atom is 0.0715 e. The van der Waals surface area contributed by atoms with Gasteiger partial charge in [0.1, 0.15) is 0 Å². The number of hydrogen-bond acceptors (Lipinski definition) is 3. The van der Waals surface area contributed by atoms with Crippen LogP contribution >= 0.6 is 11.8 Å². The minimum absolute atomic E-state index is 0.0796. The van der Waals surface area contributed by atoms with E-state index in [0.29, 0.717) is 5.92 Å². The monoisotopic (exact) mass is 189 g/mol. The number of nitrogens with zero attached hydrogens (tertiary/aromatic N) is 1. The summed E-state index contributed by atoms with van der Waals surface area (Å²) in [6, 6.07) is 0. The standard InChI is InChI=1S/C9H19NOS/c1-3-10-5-8(7-12-4-2)9(11)6-10/h8-9,11H,3-7H2,1-2H3/t8-,9+/m0/s1. The van der Waals surface area contributed by atoms with E-state index in [-0.39, 0.29) is 6.10 Å². The first-order valence-corrected chi connectivity index (χ1v) is 5.91. The minimum Gasteiger partial charge on any atom is -0.391 e. The summed E-state index contributed by atoms with van der Waals surface area (Å²) in [5, 5.41) is 9.66. The molecule has 2 atom stereocenters. The van der Waals surface area contributed by atoms with E-state index >= 15 is 0 Å². The van der Waals surface area contributed by atoms with Crippen molar-refractivity contribution < 1.29 is 5.11 Å². The number of likely N-dealkylation sites (tertiary alicyclic amines) is 1. The van der Waals surface area contributed by atoms with Gasteiger partial charge >= 0.3 is 0 Å². The second-order valence-corrected chi connectivity index (χ2v) is 4.66. The zero-order valence-electron chi connectivity index (χ0n) is 7.99. The third-order valence-corrected chi connectivity index (χ3v) is 3.54. The van der Waals surface area contributed by atoms with Crippen LogP contribution in [0.4, 0.5) is 0 Å². The van der Waals surface area contributed by atoms with E-state index in [1.807, 2.05) is 11.8 Å². The molecule has 0 saturated carbocycles. The minimum atomic E-state index is -0.0796. The molecule has 1 rings (SSSR count). The smallest absolute Gasteiger partial charge is 0.0715 e. The van der Waals surface area contributed by atoms with Crippen LogP contribution in [0.1, 0.15) is 13.8 Å². The summed E-state index contributed by atoms with van der Waals surface area (Å²) in [5.41, 5.74) is 0. The lowest BCUT2D eigenvalue weighted by Crippen LogP contribution is -2.21. The molecule has 0 aliphatic carbocycles. The number of likely N-dealkylation sites (N-methyl/N-ethyl adjacent to an activating group) is 1. The quantitative estimate of drug-likeness (QED) is 0.715. The molecule has 0 spiro atoms. The number of thioether (sulfide) groups is 1. The molecule has 0 aromatic carbocycles. The van der Waals surface area contributed by atoms with Crippen LogP contribution in [0.15, 0.2) is 0 Å². The highest BCUT2D eigenvalue weighted by Gasteiger charge is 2.29. The van der Waals surface area contributed by atoms with Crippen LogP contribution in [0.3, 0.4) is 0 Å². The highest BCUT2D eigenvalue weighted by atomic mass is 32.2. The molecule has 1 heterocycles. The van der Waals surface area contributed by atoms with E-state index in [1.165, 1.54) is 0 Å². The topological polar surface area (TPSA) is 23.5 Å². The van der Waals surface area contributed by atoms with Crippen LogP contribution in [0.5, 0.6) is 0 Å². The van der Waals surface area contributed by atoms with Crippen LogP contribution < -0.4 is 0 Å². The van der Waals surface area contributed by atoms with Crippen molar-refractivity contribution in [2.45, 2.75) is 20.0 Å². The van der Waals surface area contributed by atoms with Crippen molar-refractivity contribution in [2.24, 2.45) is 5.92 Å². The van der Waals surface area contributed by atoms with Crippen molar-refractivity contribution in [2.75, 3.05) is 31.1 Å². The lowest BCUT2D eigenvalue weighted by molar-refractivity contribution is 0.150. The van der Waals surface area contributed by atoms with Gasteiger partial charge in [-0.2, -0.15) is 11.8 Å². The molecule has 1 fully saturated rings. The third kappa shape index (κ3) is 2.64. The molecule has 0 radical (unpaired) electrons. The average molecular weight is 189 g/mol. The van der Waals surface area contributed by atoms with Gasteiger partial charge in [-0.15, -0.1) is 0 Å². The summed E-state index contributed by atoms with van der Waals surface area (Å²) in [6.07, 6.45) is -0.0796. The van der Waals surface area contributed by atoms with Crippen molar-refractivity contribution >= 4 is 11.8 Å². The second-order valence-electron chi connectivity index (χ2n) is 3.34. The number of β-amino-alcohol motifs (C(OH)–C–C–N with tert-alkyl or cyclic N) is 1. The molecular weight excluding hydrogens is 170 g/mol. The second kappa shape index (κ2) is 5.10. The van der Waals surface area contributed by atoms with Crippen molar-refractivity contribution in [3.63, 3.8) is 0 Å². The van der Waals surface area contributed by atoms with Crippen LogP contribution in [0, 0.1) is 5.92 Å². The van der Waals surface area contributed by atoms with E-state index in [0.717, 1.165) is 31.1 Å². The van der Waals surface area contributed by atoms with Crippen molar-refractivity contribution in [3.05, 3.63) is 0 Å². The maximum atomic E-state index is 9.66. The summed E-state index contributed by atoms with van der Waals surface area (Å²) >= 11 is 1.93. The summed E-state index contributed by atoms with van der Waals surface area (Å²) in [4.78, 5) is 2.32.